The minimum atomic E-state index is -2.11. The lowest BCUT2D eigenvalue weighted by molar-refractivity contribution is -0.302. The molecule has 0 spiro atoms. The lowest BCUT2D eigenvalue weighted by Crippen LogP contribution is -2.55. The van der Waals surface area contributed by atoms with Crippen LogP contribution in [0, 0.1) is 0 Å². The molecule has 6 heteroatoms. The number of nitrogens with one attached hydrogen (secondary N) is 1. The van der Waals surface area contributed by atoms with Gasteiger partial charge < -0.3 is 14.8 Å². The molecule has 0 saturated heterocycles. The quantitative estimate of drug-likeness (QED) is 0.616. The molecule has 1 N–H and O–H groups in total. The van der Waals surface area contributed by atoms with Gasteiger partial charge in [-0.2, -0.15) is 0 Å². The molecule has 1 aromatic rings. The monoisotopic (exact) mass is 267 g/mol. The fraction of sp³-hybridized carbons (Fsp3) is 0.385. The second kappa shape index (κ2) is 6.75. The number of likely N-dealkylation sites (N-methyl/N-ethyl adjacent to an activating group) is 1. The first-order valence-corrected chi connectivity index (χ1v) is 5.84. The summed E-state index contributed by atoms with van der Waals surface area (Å²) in [6.45, 7) is 2.97. The first-order chi connectivity index (χ1) is 9.04. The number of benzene rings is 1. The highest BCUT2D eigenvalue weighted by molar-refractivity contribution is 5.84. The van der Waals surface area contributed by atoms with Crippen molar-refractivity contribution in [3.8, 4) is 5.75 Å². The number of amides is 1. The van der Waals surface area contributed by atoms with Crippen molar-refractivity contribution in [3.63, 3.8) is 0 Å². The van der Waals surface area contributed by atoms with E-state index in [1.807, 2.05) is 0 Å². The third-order valence-electron chi connectivity index (χ3n) is 2.11. The van der Waals surface area contributed by atoms with Crippen LogP contribution < -0.4 is 10.1 Å². The summed E-state index contributed by atoms with van der Waals surface area (Å²) < 4.78 is 15.6. The molecule has 0 heterocycles. The van der Waals surface area contributed by atoms with Gasteiger partial charge in [-0.25, -0.2) is 0 Å². The molecule has 19 heavy (non-hydrogen) atoms. The van der Waals surface area contributed by atoms with Crippen LogP contribution in [0.1, 0.15) is 13.8 Å². The molecule has 0 bridgehead atoms. The predicted molar refractivity (Wildman–Crippen MR) is 67.3 cm³/mol. The smallest absolute Gasteiger partial charge is 0.423 e. The lowest BCUT2D eigenvalue weighted by Gasteiger charge is -2.29. The van der Waals surface area contributed by atoms with Crippen LogP contribution in [0.3, 0.4) is 0 Å². The van der Waals surface area contributed by atoms with Crippen molar-refractivity contribution in [3.05, 3.63) is 30.3 Å². The van der Waals surface area contributed by atoms with E-state index < -0.39 is 17.8 Å². The number of hydrogen-bond acceptors (Lipinski definition) is 5. The summed E-state index contributed by atoms with van der Waals surface area (Å²) in [4.78, 5) is 23.1. The Balaban J connectivity index is 3.07. The molecular formula is C13H17NO5. The highest BCUT2D eigenvalue weighted by Gasteiger charge is 2.46. The molecule has 0 aliphatic rings. The van der Waals surface area contributed by atoms with Crippen molar-refractivity contribution in [2.75, 3.05) is 13.7 Å². The van der Waals surface area contributed by atoms with Crippen molar-refractivity contribution in [2.45, 2.75) is 19.8 Å². The first-order valence-electron chi connectivity index (χ1n) is 5.84. The average Bonchev–Trinajstić information content (AvgIpc) is 2.38. The normalized spacial score (nSPS) is 13.2. The van der Waals surface area contributed by atoms with E-state index in [0.29, 0.717) is 5.75 Å². The van der Waals surface area contributed by atoms with Gasteiger partial charge in [0.15, 0.2) is 0 Å². The second-order valence-corrected chi connectivity index (χ2v) is 3.58. The topological polar surface area (TPSA) is 73.9 Å². The minimum absolute atomic E-state index is 0.132. The van der Waals surface area contributed by atoms with E-state index in [1.165, 1.54) is 14.0 Å². The Kier molecular flexibility index (Phi) is 5.32. The van der Waals surface area contributed by atoms with Crippen LogP contribution in [0.25, 0.3) is 0 Å². The van der Waals surface area contributed by atoms with Gasteiger partial charge in [0.25, 0.3) is 0 Å². The molecular weight excluding hydrogens is 250 g/mol. The molecule has 0 radical (unpaired) electrons. The Hall–Kier alpha value is -2.08. The lowest BCUT2D eigenvalue weighted by atomic mass is 10.3. The van der Waals surface area contributed by atoms with Gasteiger partial charge in [0, 0.05) is 14.0 Å². The van der Waals surface area contributed by atoms with E-state index >= 15 is 0 Å². The summed E-state index contributed by atoms with van der Waals surface area (Å²) in [7, 11) is 1.40. The predicted octanol–water partition coefficient (Wildman–Crippen LogP) is 1.06. The molecule has 104 valence electrons. The molecule has 1 unspecified atom stereocenters. The van der Waals surface area contributed by atoms with E-state index in [9.17, 15) is 9.59 Å². The van der Waals surface area contributed by atoms with Gasteiger partial charge in [0.1, 0.15) is 5.75 Å². The van der Waals surface area contributed by atoms with Gasteiger partial charge in [-0.1, -0.05) is 18.2 Å². The van der Waals surface area contributed by atoms with Gasteiger partial charge in [-0.3, -0.25) is 14.3 Å². The summed E-state index contributed by atoms with van der Waals surface area (Å²) >= 11 is 0. The Morgan fingerprint density at radius 1 is 1.26 bits per heavy atom. The third kappa shape index (κ3) is 3.96. The largest absolute Gasteiger partial charge is 0.459 e. The van der Waals surface area contributed by atoms with Gasteiger partial charge in [0.05, 0.1) is 6.61 Å². The summed E-state index contributed by atoms with van der Waals surface area (Å²) in [5.74, 6) is -3.15. The maximum Gasteiger partial charge on any atom is 0.459 e. The van der Waals surface area contributed by atoms with Gasteiger partial charge in [-0.15, -0.1) is 0 Å². The van der Waals surface area contributed by atoms with Gasteiger partial charge >= 0.3 is 17.8 Å². The molecule has 0 aliphatic heterocycles. The maximum atomic E-state index is 11.9. The molecule has 0 aliphatic carbocycles. The Bertz CT molecular complexity index is 434. The van der Waals surface area contributed by atoms with Crippen LogP contribution in [0.2, 0.25) is 0 Å². The average molecular weight is 267 g/mol. The van der Waals surface area contributed by atoms with Crippen molar-refractivity contribution in [1.82, 2.24) is 5.32 Å². The van der Waals surface area contributed by atoms with Gasteiger partial charge in [0.2, 0.25) is 0 Å². The van der Waals surface area contributed by atoms with Crippen LogP contribution in [-0.4, -0.2) is 31.5 Å². The van der Waals surface area contributed by atoms with Gasteiger partial charge in [-0.05, 0) is 19.1 Å². The van der Waals surface area contributed by atoms with E-state index in [2.05, 4.69) is 5.32 Å². The molecule has 6 nitrogen and oxygen atoms in total. The highest BCUT2D eigenvalue weighted by Crippen LogP contribution is 2.21. The van der Waals surface area contributed by atoms with Crippen LogP contribution in [0.4, 0.5) is 0 Å². The van der Waals surface area contributed by atoms with Crippen molar-refractivity contribution in [2.24, 2.45) is 0 Å². The first kappa shape index (κ1) is 15.0. The summed E-state index contributed by atoms with van der Waals surface area (Å²) in [6.07, 6.45) is 0. The Morgan fingerprint density at radius 2 is 1.89 bits per heavy atom. The SMILES string of the molecule is CCOC(OC(C)=O)(Oc1ccccc1)C(=O)NC. The maximum absolute atomic E-state index is 11.9. The number of hydrogen-bond donors (Lipinski definition) is 1. The molecule has 1 aromatic carbocycles. The molecule has 0 fully saturated rings. The van der Waals surface area contributed by atoms with Crippen molar-refractivity contribution < 1.29 is 23.8 Å². The summed E-state index contributed by atoms with van der Waals surface area (Å²) in [5, 5.41) is 2.35. The zero-order chi connectivity index (χ0) is 14.3. The zero-order valence-corrected chi connectivity index (χ0v) is 11.1. The van der Waals surface area contributed by atoms with E-state index in [0.717, 1.165) is 0 Å². The second-order valence-electron chi connectivity index (χ2n) is 3.58. The van der Waals surface area contributed by atoms with E-state index in [1.54, 1.807) is 37.3 Å². The number of rotatable bonds is 6. The molecule has 0 saturated carbocycles. The minimum Gasteiger partial charge on any atom is -0.423 e. The fourth-order valence-corrected chi connectivity index (χ4v) is 1.41. The molecule has 1 rings (SSSR count). The number of esters is 1. The van der Waals surface area contributed by atoms with Crippen LogP contribution in [0.15, 0.2) is 30.3 Å². The zero-order valence-electron chi connectivity index (χ0n) is 11.1. The Labute approximate surface area is 111 Å². The number of para-hydroxylation sites is 1. The van der Waals surface area contributed by atoms with E-state index in [-0.39, 0.29) is 6.61 Å². The highest BCUT2D eigenvalue weighted by atomic mass is 16.9. The number of carbonyl (C=O) groups excluding carboxylic acids is 2. The summed E-state index contributed by atoms with van der Waals surface area (Å²) in [6, 6.07) is 8.49. The van der Waals surface area contributed by atoms with Crippen LogP contribution in [-0.2, 0) is 19.1 Å². The fourth-order valence-electron chi connectivity index (χ4n) is 1.41. The van der Waals surface area contributed by atoms with Crippen LogP contribution >= 0.6 is 0 Å². The Morgan fingerprint density at radius 3 is 2.37 bits per heavy atom. The molecule has 1 atom stereocenters. The standard InChI is InChI=1S/C13H17NO5/c1-4-17-13(12(16)14-3,18-10(2)15)19-11-8-6-5-7-9-11/h5-9H,4H2,1-3H3,(H,14,16). The molecule has 0 aromatic heterocycles. The van der Waals surface area contributed by atoms with Crippen LogP contribution in [0.5, 0.6) is 5.75 Å². The van der Waals surface area contributed by atoms with Crippen molar-refractivity contribution in [1.29, 1.82) is 0 Å². The summed E-state index contributed by atoms with van der Waals surface area (Å²) in [5.41, 5.74) is 0. The number of ether oxygens (including phenoxy) is 3. The van der Waals surface area contributed by atoms with E-state index in [4.69, 9.17) is 14.2 Å². The molecule has 1 amide bonds. The third-order valence-corrected chi connectivity index (χ3v) is 2.11. The number of carbonyl (C=O) groups is 2. The van der Waals surface area contributed by atoms with Crippen molar-refractivity contribution >= 4 is 11.9 Å².